The first kappa shape index (κ1) is 23.6. The Labute approximate surface area is 202 Å². The number of pyridine rings is 1. The average molecular weight is 493 g/mol. The van der Waals surface area contributed by atoms with E-state index < -0.39 is 23.5 Å². The molecule has 0 unspecified atom stereocenters. The van der Waals surface area contributed by atoms with E-state index >= 15 is 0 Å². The topological polar surface area (TPSA) is 12.9 Å². The van der Waals surface area contributed by atoms with Gasteiger partial charge in [-0.1, -0.05) is 72.8 Å². The van der Waals surface area contributed by atoms with Gasteiger partial charge in [0.1, 0.15) is 0 Å². The number of hydrogen-bond acceptors (Lipinski definition) is 1. The van der Waals surface area contributed by atoms with Crippen LogP contribution < -0.4 is 0 Å². The summed E-state index contributed by atoms with van der Waals surface area (Å²) in [4.78, 5) is 4.68. The van der Waals surface area contributed by atoms with Crippen molar-refractivity contribution in [2.75, 3.05) is 0 Å². The Balaban J connectivity index is 1.43. The van der Waals surface area contributed by atoms with Crippen molar-refractivity contribution in [1.29, 1.82) is 0 Å². The summed E-state index contributed by atoms with van der Waals surface area (Å²) >= 11 is 0. The lowest BCUT2D eigenvalue weighted by Crippen LogP contribution is -2.11. The molecule has 0 atom stereocenters. The smallest absolute Gasteiger partial charge is 0.248 e. The molecule has 0 spiro atoms. The van der Waals surface area contributed by atoms with Crippen LogP contribution in [0, 0.1) is 0 Å². The largest absolute Gasteiger partial charge is 0.416 e. The van der Waals surface area contributed by atoms with Gasteiger partial charge in [-0.05, 0) is 52.6 Å². The Morgan fingerprint density at radius 2 is 0.917 bits per heavy atom. The molecule has 0 bridgehead atoms. The first-order chi connectivity index (χ1) is 17.1. The van der Waals surface area contributed by atoms with Crippen LogP contribution in [0.4, 0.5) is 26.3 Å². The number of aromatic nitrogens is 1. The van der Waals surface area contributed by atoms with Crippen molar-refractivity contribution < 1.29 is 26.3 Å². The Morgan fingerprint density at radius 3 is 1.44 bits per heavy atom. The summed E-state index contributed by atoms with van der Waals surface area (Å²) in [6, 6.07) is 27.4. The van der Waals surface area contributed by atoms with Gasteiger partial charge < -0.3 is 0 Å². The van der Waals surface area contributed by atoms with Crippen molar-refractivity contribution in [2.45, 2.75) is 12.4 Å². The third kappa shape index (κ3) is 4.82. The number of para-hydroxylation sites is 1. The second-order valence-corrected chi connectivity index (χ2v) is 8.34. The molecule has 0 radical (unpaired) electrons. The molecule has 1 heterocycles. The monoisotopic (exact) mass is 493 g/mol. The summed E-state index contributed by atoms with van der Waals surface area (Å²) in [5.41, 5.74) is 1.69. The summed E-state index contributed by atoms with van der Waals surface area (Å²) in [5, 5.41) is 1.04. The van der Waals surface area contributed by atoms with Crippen molar-refractivity contribution in [3.8, 4) is 33.5 Å². The van der Waals surface area contributed by atoms with Gasteiger partial charge in [-0.3, -0.25) is 0 Å². The van der Waals surface area contributed by atoms with E-state index in [0.717, 1.165) is 45.4 Å². The maximum atomic E-state index is 13.2. The van der Waals surface area contributed by atoms with E-state index in [1.807, 2.05) is 60.7 Å². The van der Waals surface area contributed by atoms with Crippen LogP contribution in [0.2, 0.25) is 0 Å². The Hall–Kier alpha value is -4.13. The van der Waals surface area contributed by atoms with E-state index in [1.165, 1.54) is 12.1 Å². The summed E-state index contributed by atoms with van der Waals surface area (Å²) in [6.45, 7) is 0. The minimum atomic E-state index is -4.89. The summed E-state index contributed by atoms with van der Waals surface area (Å²) in [6.07, 6.45) is -9.78. The van der Waals surface area contributed by atoms with Crippen LogP contribution in [0.5, 0.6) is 0 Å². The van der Waals surface area contributed by atoms with Crippen molar-refractivity contribution in [1.82, 2.24) is 4.98 Å². The van der Waals surface area contributed by atoms with Crippen LogP contribution >= 0.6 is 0 Å². The standard InChI is InChI=1S/C29H17F6N/c30-28(31,32)24-15-23(16-25(17-24)29(33,34)35)20-7-5-18(6-8-20)19-9-11-22(12-10-19)27-14-13-21-3-1-2-4-26(21)36-27/h1-17H. The van der Waals surface area contributed by atoms with Crippen LogP contribution in [-0.4, -0.2) is 4.98 Å². The number of nitrogens with zero attached hydrogens (tertiary/aromatic N) is 1. The summed E-state index contributed by atoms with van der Waals surface area (Å²) in [7, 11) is 0. The maximum Gasteiger partial charge on any atom is 0.416 e. The van der Waals surface area contributed by atoms with E-state index in [-0.39, 0.29) is 17.2 Å². The van der Waals surface area contributed by atoms with Crippen molar-refractivity contribution in [3.63, 3.8) is 0 Å². The van der Waals surface area contributed by atoms with Crippen molar-refractivity contribution in [2.24, 2.45) is 0 Å². The molecule has 0 saturated carbocycles. The van der Waals surface area contributed by atoms with Crippen LogP contribution in [0.1, 0.15) is 11.1 Å². The highest BCUT2D eigenvalue weighted by Gasteiger charge is 2.37. The molecule has 0 aliphatic carbocycles. The third-order valence-corrected chi connectivity index (χ3v) is 5.92. The van der Waals surface area contributed by atoms with E-state index in [4.69, 9.17) is 0 Å². The zero-order valence-corrected chi connectivity index (χ0v) is 18.5. The molecule has 0 N–H and O–H groups in total. The second-order valence-electron chi connectivity index (χ2n) is 8.34. The van der Waals surface area contributed by atoms with E-state index in [0.29, 0.717) is 0 Å². The van der Waals surface area contributed by atoms with Crippen molar-refractivity contribution >= 4 is 10.9 Å². The molecule has 180 valence electrons. The summed E-state index contributed by atoms with van der Waals surface area (Å²) in [5.74, 6) is 0. The lowest BCUT2D eigenvalue weighted by atomic mass is 9.96. The number of fused-ring (bicyclic) bond motifs is 1. The van der Waals surface area contributed by atoms with Gasteiger partial charge in [0.05, 0.1) is 22.3 Å². The Bertz CT molecular complexity index is 1500. The lowest BCUT2D eigenvalue weighted by Gasteiger charge is -2.14. The van der Waals surface area contributed by atoms with E-state index in [1.54, 1.807) is 12.1 Å². The number of halogens is 6. The molecule has 0 aliphatic rings. The van der Waals surface area contributed by atoms with Crippen LogP contribution in [0.3, 0.4) is 0 Å². The highest BCUT2D eigenvalue weighted by atomic mass is 19.4. The van der Waals surface area contributed by atoms with Crippen LogP contribution in [0.25, 0.3) is 44.4 Å². The molecule has 4 aromatic carbocycles. The predicted octanol–water partition coefficient (Wildman–Crippen LogP) is 9.27. The lowest BCUT2D eigenvalue weighted by molar-refractivity contribution is -0.143. The Morgan fingerprint density at radius 1 is 0.444 bits per heavy atom. The fraction of sp³-hybridized carbons (Fsp3) is 0.0690. The predicted molar refractivity (Wildman–Crippen MR) is 128 cm³/mol. The van der Waals surface area contributed by atoms with Gasteiger partial charge in [0.2, 0.25) is 0 Å². The molecule has 0 aliphatic heterocycles. The third-order valence-electron chi connectivity index (χ3n) is 5.92. The molecule has 1 nitrogen and oxygen atoms in total. The molecular formula is C29H17F6N. The van der Waals surface area contributed by atoms with Gasteiger partial charge in [0.15, 0.2) is 0 Å². The minimum absolute atomic E-state index is 0.129. The highest BCUT2D eigenvalue weighted by Crippen LogP contribution is 2.39. The Kier molecular flexibility index (Phi) is 5.79. The molecule has 0 saturated heterocycles. The van der Waals surface area contributed by atoms with Gasteiger partial charge in [-0.15, -0.1) is 0 Å². The highest BCUT2D eigenvalue weighted by molar-refractivity contribution is 5.82. The van der Waals surface area contributed by atoms with Crippen LogP contribution in [0.15, 0.2) is 103 Å². The fourth-order valence-electron chi connectivity index (χ4n) is 4.04. The molecule has 0 fully saturated rings. The van der Waals surface area contributed by atoms with Gasteiger partial charge >= 0.3 is 12.4 Å². The number of benzene rings is 4. The van der Waals surface area contributed by atoms with E-state index in [2.05, 4.69) is 4.98 Å². The molecule has 36 heavy (non-hydrogen) atoms. The van der Waals surface area contributed by atoms with Crippen LogP contribution in [-0.2, 0) is 12.4 Å². The fourth-order valence-corrected chi connectivity index (χ4v) is 4.04. The molecular weight excluding hydrogens is 476 g/mol. The number of rotatable bonds is 3. The maximum absolute atomic E-state index is 13.2. The molecule has 1 aromatic heterocycles. The quantitative estimate of drug-likeness (QED) is 0.228. The molecule has 5 aromatic rings. The normalized spacial score (nSPS) is 12.2. The number of hydrogen-bond donors (Lipinski definition) is 0. The SMILES string of the molecule is FC(F)(F)c1cc(-c2ccc(-c3ccc(-c4ccc5ccccc5n4)cc3)cc2)cc(C(F)(F)F)c1. The minimum Gasteiger partial charge on any atom is -0.248 e. The van der Waals surface area contributed by atoms with Gasteiger partial charge in [0, 0.05) is 10.9 Å². The van der Waals surface area contributed by atoms with Gasteiger partial charge in [-0.25, -0.2) is 4.98 Å². The molecule has 0 amide bonds. The first-order valence-electron chi connectivity index (χ1n) is 10.9. The molecule has 7 heteroatoms. The average Bonchev–Trinajstić information content (AvgIpc) is 2.87. The summed E-state index contributed by atoms with van der Waals surface area (Å²) < 4.78 is 79.2. The zero-order chi connectivity index (χ0) is 25.5. The second kappa shape index (κ2) is 8.82. The van der Waals surface area contributed by atoms with Gasteiger partial charge in [0.25, 0.3) is 0 Å². The number of alkyl halides is 6. The first-order valence-corrected chi connectivity index (χ1v) is 10.9. The van der Waals surface area contributed by atoms with Gasteiger partial charge in [-0.2, -0.15) is 26.3 Å². The van der Waals surface area contributed by atoms with Crippen molar-refractivity contribution in [3.05, 3.63) is 114 Å². The van der Waals surface area contributed by atoms with E-state index in [9.17, 15) is 26.3 Å². The zero-order valence-electron chi connectivity index (χ0n) is 18.5. The molecule has 5 rings (SSSR count).